The van der Waals surface area contributed by atoms with Crippen molar-refractivity contribution in [3.63, 3.8) is 0 Å². The highest BCUT2D eigenvalue weighted by atomic mass is 31.2. The number of para-hydroxylation sites is 2. The van der Waals surface area contributed by atoms with Gasteiger partial charge >= 0.3 is 7.82 Å². The fourth-order valence-electron chi connectivity index (χ4n) is 3.03. The van der Waals surface area contributed by atoms with Crippen molar-refractivity contribution in [2.45, 2.75) is 38.4 Å². The van der Waals surface area contributed by atoms with Gasteiger partial charge in [0.2, 0.25) is 0 Å². The molecule has 0 aromatic heterocycles. The molecule has 0 amide bonds. The molecule has 0 bridgehead atoms. The van der Waals surface area contributed by atoms with Crippen LogP contribution in [0.2, 0.25) is 38.4 Å². The molecule has 0 aliphatic heterocycles. The third-order valence-electron chi connectivity index (χ3n) is 3.54. The van der Waals surface area contributed by atoms with Crippen LogP contribution < -0.4 is 9.05 Å². The second kappa shape index (κ2) is 8.57. The standard InChI is InChI=1S/C19H29O4PSi2/c1-25(2,3)17-26(4,5)16-21-24(20,22-18-12-8-6-9-13-18)23-19-14-10-7-11-15-19/h6-15H,16-17H2,1-5H3. The molecule has 4 nitrogen and oxygen atoms in total. The van der Waals surface area contributed by atoms with Gasteiger partial charge in [-0.05, 0) is 24.3 Å². The smallest absolute Gasteiger partial charge is 0.395 e. The van der Waals surface area contributed by atoms with Crippen molar-refractivity contribution in [2.24, 2.45) is 0 Å². The molecule has 2 rings (SSSR count). The maximum absolute atomic E-state index is 13.3. The fraction of sp³-hybridized carbons (Fsp3) is 0.368. The Kier molecular flexibility index (Phi) is 6.91. The van der Waals surface area contributed by atoms with Gasteiger partial charge in [-0.15, -0.1) is 0 Å². The molecule has 142 valence electrons. The fourth-order valence-corrected chi connectivity index (χ4v) is 17.9. The minimum atomic E-state index is -3.77. The van der Waals surface area contributed by atoms with Crippen molar-refractivity contribution >= 4 is 24.0 Å². The van der Waals surface area contributed by atoms with Gasteiger partial charge in [-0.1, -0.05) is 74.8 Å². The van der Waals surface area contributed by atoms with E-state index in [9.17, 15) is 4.57 Å². The molecule has 0 atom stereocenters. The van der Waals surface area contributed by atoms with Crippen molar-refractivity contribution in [2.75, 3.05) is 6.23 Å². The monoisotopic (exact) mass is 408 g/mol. The van der Waals surface area contributed by atoms with E-state index in [4.69, 9.17) is 13.6 Å². The summed E-state index contributed by atoms with van der Waals surface area (Å²) in [5, 5.41) is 0. The molecule has 2 aromatic carbocycles. The molecule has 0 radical (unpaired) electrons. The van der Waals surface area contributed by atoms with Crippen LogP contribution >= 0.6 is 7.82 Å². The molecule has 0 fully saturated rings. The van der Waals surface area contributed by atoms with Gasteiger partial charge in [0.1, 0.15) is 11.5 Å². The molecule has 7 heteroatoms. The summed E-state index contributed by atoms with van der Waals surface area (Å²) in [5.41, 5.74) is 1.19. The Hall–Kier alpha value is -1.34. The third-order valence-corrected chi connectivity index (χ3v) is 14.1. The summed E-state index contributed by atoms with van der Waals surface area (Å²) >= 11 is 0. The van der Waals surface area contributed by atoms with Crippen LogP contribution in [0.4, 0.5) is 0 Å². The van der Waals surface area contributed by atoms with Gasteiger partial charge in [-0.2, -0.15) is 0 Å². The van der Waals surface area contributed by atoms with Crippen LogP contribution in [0, 0.1) is 0 Å². The largest absolute Gasteiger partial charge is 0.587 e. The van der Waals surface area contributed by atoms with Crippen molar-refractivity contribution in [3.8, 4) is 11.5 Å². The Morgan fingerprint density at radius 3 is 1.58 bits per heavy atom. The van der Waals surface area contributed by atoms with Gasteiger partial charge in [-0.3, -0.25) is 4.52 Å². The average molecular weight is 409 g/mol. The second-order valence-electron chi connectivity index (χ2n) is 8.43. The van der Waals surface area contributed by atoms with Crippen LogP contribution in [0.5, 0.6) is 11.5 Å². The molecule has 0 saturated carbocycles. The average Bonchev–Trinajstić information content (AvgIpc) is 2.53. The zero-order valence-corrected chi connectivity index (χ0v) is 19.2. The predicted octanol–water partition coefficient (Wildman–Crippen LogP) is 6.39. The van der Waals surface area contributed by atoms with Crippen molar-refractivity contribution in [3.05, 3.63) is 60.7 Å². The summed E-state index contributed by atoms with van der Waals surface area (Å²) < 4.78 is 30.5. The summed E-state index contributed by atoms with van der Waals surface area (Å²) in [6, 6.07) is 18.0. The molecule has 0 saturated heterocycles. The van der Waals surface area contributed by atoms with Gasteiger partial charge in [0, 0.05) is 8.07 Å². The Balaban J connectivity index is 2.16. The molecular formula is C19H29O4PSi2. The van der Waals surface area contributed by atoms with E-state index in [1.54, 1.807) is 24.3 Å². The molecule has 0 unspecified atom stereocenters. The molecule has 26 heavy (non-hydrogen) atoms. The topological polar surface area (TPSA) is 44.8 Å². The summed E-state index contributed by atoms with van der Waals surface area (Å²) in [5.74, 6) is 0.938. The lowest BCUT2D eigenvalue weighted by atomic mass is 10.3. The Morgan fingerprint density at radius 2 is 1.19 bits per heavy atom. The second-order valence-corrected chi connectivity index (χ2v) is 21.1. The first kappa shape index (κ1) is 21.0. The maximum atomic E-state index is 13.3. The van der Waals surface area contributed by atoms with Gasteiger partial charge < -0.3 is 9.05 Å². The molecule has 0 aliphatic carbocycles. The minimum absolute atomic E-state index is 0.439. The number of rotatable bonds is 9. The maximum Gasteiger partial charge on any atom is 0.587 e. The van der Waals surface area contributed by atoms with Crippen LogP contribution in [-0.4, -0.2) is 22.4 Å². The molecule has 0 aliphatic rings. The quantitative estimate of drug-likeness (QED) is 0.356. The molecule has 0 N–H and O–H groups in total. The van der Waals surface area contributed by atoms with E-state index >= 15 is 0 Å². The number of phosphoric acid groups is 1. The van der Waals surface area contributed by atoms with E-state index in [0.717, 1.165) is 0 Å². The zero-order valence-electron chi connectivity index (χ0n) is 16.3. The predicted molar refractivity (Wildman–Crippen MR) is 113 cm³/mol. The molecular weight excluding hydrogens is 379 g/mol. The Morgan fingerprint density at radius 1 is 0.769 bits per heavy atom. The van der Waals surface area contributed by atoms with Crippen LogP contribution in [0.15, 0.2) is 60.7 Å². The van der Waals surface area contributed by atoms with Gasteiger partial charge in [-0.25, -0.2) is 4.57 Å². The van der Waals surface area contributed by atoms with E-state index in [1.165, 1.54) is 5.67 Å². The lowest BCUT2D eigenvalue weighted by Crippen LogP contribution is -2.41. The first-order valence-electron chi connectivity index (χ1n) is 8.81. The highest BCUT2D eigenvalue weighted by molar-refractivity contribution is 7.49. The highest BCUT2D eigenvalue weighted by Crippen LogP contribution is 2.50. The highest BCUT2D eigenvalue weighted by Gasteiger charge is 2.36. The SMILES string of the molecule is C[Si](C)(C)C[Si](C)(C)COP(=O)(Oc1ccccc1)Oc1ccccc1. The number of hydrogen-bond donors (Lipinski definition) is 0. The van der Waals surface area contributed by atoms with E-state index in [0.29, 0.717) is 17.7 Å². The third kappa shape index (κ3) is 7.50. The number of benzene rings is 2. The number of phosphoric ester groups is 1. The van der Waals surface area contributed by atoms with E-state index in [1.807, 2.05) is 36.4 Å². The van der Waals surface area contributed by atoms with Gasteiger partial charge in [0.15, 0.2) is 0 Å². The minimum Gasteiger partial charge on any atom is -0.395 e. The summed E-state index contributed by atoms with van der Waals surface area (Å²) in [4.78, 5) is 0. The van der Waals surface area contributed by atoms with Crippen LogP contribution in [0.3, 0.4) is 0 Å². The molecule has 0 heterocycles. The van der Waals surface area contributed by atoms with Crippen LogP contribution in [-0.2, 0) is 9.09 Å². The summed E-state index contributed by atoms with van der Waals surface area (Å²) in [6.07, 6.45) is 0.439. The van der Waals surface area contributed by atoms with Crippen molar-refractivity contribution in [1.82, 2.24) is 0 Å². The van der Waals surface area contributed by atoms with Gasteiger partial charge in [0.25, 0.3) is 0 Å². The Labute approximate surface area is 159 Å². The van der Waals surface area contributed by atoms with Gasteiger partial charge in [0.05, 0.1) is 14.3 Å². The van der Waals surface area contributed by atoms with Crippen molar-refractivity contribution in [1.29, 1.82) is 0 Å². The molecule has 2 aromatic rings. The van der Waals surface area contributed by atoms with Crippen LogP contribution in [0.1, 0.15) is 0 Å². The molecule has 0 spiro atoms. The first-order valence-corrected chi connectivity index (χ1v) is 17.4. The summed E-state index contributed by atoms with van der Waals surface area (Å²) in [6.45, 7) is 11.6. The number of hydrogen-bond acceptors (Lipinski definition) is 4. The Bertz CT molecular complexity index is 685. The lowest BCUT2D eigenvalue weighted by molar-refractivity contribution is 0.235. The van der Waals surface area contributed by atoms with Crippen molar-refractivity contribution < 1.29 is 18.1 Å². The normalized spacial score (nSPS) is 12.7. The van der Waals surface area contributed by atoms with E-state index in [-0.39, 0.29) is 0 Å². The zero-order chi connectivity index (χ0) is 19.3. The lowest BCUT2D eigenvalue weighted by Gasteiger charge is -2.30. The van der Waals surface area contributed by atoms with E-state index < -0.39 is 24.0 Å². The van der Waals surface area contributed by atoms with Crippen LogP contribution in [0.25, 0.3) is 0 Å². The summed E-state index contributed by atoms with van der Waals surface area (Å²) in [7, 11) is -6.68. The first-order chi connectivity index (χ1) is 12.1. The van der Waals surface area contributed by atoms with E-state index in [2.05, 4.69) is 32.7 Å².